The molecule has 0 bridgehead atoms. The molecule has 0 aliphatic rings. The lowest BCUT2D eigenvalue weighted by Gasteiger charge is -2.16. The molecule has 0 saturated carbocycles. The van der Waals surface area contributed by atoms with E-state index in [9.17, 15) is 0 Å². The van der Waals surface area contributed by atoms with Crippen LogP contribution in [0.2, 0.25) is 0 Å². The van der Waals surface area contributed by atoms with Crippen molar-refractivity contribution >= 4 is 173 Å². The van der Waals surface area contributed by atoms with Gasteiger partial charge < -0.3 is 18.3 Å². The minimum absolute atomic E-state index is 0.617. The van der Waals surface area contributed by atoms with Gasteiger partial charge in [-0.3, -0.25) is 0 Å². The van der Waals surface area contributed by atoms with Crippen LogP contribution in [0.1, 0.15) is 0 Å². The van der Waals surface area contributed by atoms with Crippen molar-refractivity contribution in [3.05, 3.63) is 473 Å². The summed E-state index contributed by atoms with van der Waals surface area (Å²) in [4.78, 5) is 31.9. The van der Waals surface area contributed by atoms with E-state index in [0.29, 0.717) is 34.9 Å². The first-order valence-electron chi connectivity index (χ1n) is 46.9. The monoisotopic (exact) mass is 1750 g/mol. The third-order valence-electron chi connectivity index (χ3n) is 28.2. The average molecular weight is 1760 g/mol. The van der Waals surface area contributed by atoms with Crippen LogP contribution >= 0.6 is 0 Å². The summed E-state index contributed by atoms with van der Waals surface area (Å²) in [6.45, 7) is 0. The Labute approximate surface area is 791 Å². The number of rotatable bonds is 11. The Morgan fingerprint density at radius 2 is 0.471 bits per heavy atom. The maximum Gasteiger partial charge on any atom is 0.164 e. The summed E-state index contributed by atoms with van der Waals surface area (Å²) in [6, 6.07) is 170. The van der Waals surface area contributed by atoms with E-state index < -0.39 is 0 Å². The fourth-order valence-corrected chi connectivity index (χ4v) is 21.7. The third-order valence-corrected chi connectivity index (χ3v) is 28.2. The molecule has 0 radical (unpaired) electrons. The zero-order valence-corrected chi connectivity index (χ0v) is 74.5. The molecule has 0 atom stereocenters. The van der Waals surface area contributed by atoms with Crippen molar-refractivity contribution in [2.45, 2.75) is 0 Å². The number of fused-ring (bicyclic) bond motifs is 21. The second-order valence-electron chi connectivity index (χ2n) is 36.0. The molecule has 0 unspecified atom stereocenters. The van der Waals surface area contributed by atoms with E-state index in [2.05, 4.69) is 485 Å². The van der Waals surface area contributed by atoms with Crippen molar-refractivity contribution in [3.63, 3.8) is 0 Å². The second kappa shape index (κ2) is 31.5. The van der Waals surface area contributed by atoms with Gasteiger partial charge in [-0.2, -0.15) is 0 Å². The largest absolute Gasteiger partial charge is 0.309 e. The van der Waals surface area contributed by atoms with E-state index in [4.69, 9.17) is 29.9 Å². The molecule has 6 heterocycles. The van der Waals surface area contributed by atoms with Gasteiger partial charge in [0.15, 0.2) is 34.9 Å². The van der Waals surface area contributed by atoms with Gasteiger partial charge in [-0.1, -0.05) is 340 Å². The SMILES string of the molecule is c1ccc(-c2cccc(-c3nc(-c4ccc5ccccc5c4)nc(-c4ccc(-n5c6ccc(-n7c8ccccc8c8ccccc87)cc6c6cc7ccccc7cc65)c5ccccc45)n3)c2)cc1.c1ccc2cc(-c3nc(-c4ccc5ccc6ccccc6c5c4)nc(-c4cc(-n5c6ccccc6c6cc7ccc(-n8c9ccccc9c9ccccc98)cc7cc65)cc5ccccc45)n3)ccc2c1. The Hall–Kier alpha value is -18.6. The van der Waals surface area contributed by atoms with Crippen LogP contribution in [0.25, 0.3) is 276 Å². The topological polar surface area (TPSA) is 97.1 Å². The summed E-state index contributed by atoms with van der Waals surface area (Å²) >= 11 is 0. The lowest BCUT2D eigenvalue weighted by molar-refractivity contribution is 1.08. The molecular formula is C128H78N10. The Bertz CT molecular complexity index is 10100. The molecule has 0 aliphatic carbocycles. The van der Waals surface area contributed by atoms with Crippen molar-refractivity contribution in [2.24, 2.45) is 0 Å². The number of para-hydroxylation sites is 5. The van der Waals surface area contributed by atoms with Crippen LogP contribution in [0, 0.1) is 0 Å². The van der Waals surface area contributed by atoms with Crippen LogP contribution in [0.15, 0.2) is 473 Å². The fourth-order valence-electron chi connectivity index (χ4n) is 21.7. The molecule has 29 aromatic rings. The van der Waals surface area contributed by atoms with Crippen LogP contribution in [0.4, 0.5) is 0 Å². The van der Waals surface area contributed by atoms with Crippen molar-refractivity contribution < 1.29 is 0 Å². The summed E-state index contributed by atoms with van der Waals surface area (Å²) in [5.74, 6) is 3.74. The highest BCUT2D eigenvalue weighted by Gasteiger charge is 2.26. The van der Waals surface area contributed by atoms with E-state index in [0.717, 1.165) is 122 Å². The maximum atomic E-state index is 5.43. The van der Waals surface area contributed by atoms with Gasteiger partial charge in [-0.05, 0) is 225 Å². The van der Waals surface area contributed by atoms with Crippen LogP contribution in [-0.2, 0) is 0 Å². The van der Waals surface area contributed by atoms with Crippen molar-refractivity contribution in [2.75, 3.05) is 0 Å². The van der Waals surface area contributed by atoms with Gasteiger partial charge in [0.2, 0.25) is 0 Å². The van der Waals surface area contributed by atoms with Crippen LogP contribution < -0.4 is 0 Å². The van der Waals surface area contributed by atoms with E-state index in [1.165, 1.54) is 119 Å². The lowest BCUT2D eigenvalue weighted by atomic mass is 9.99. The van der Waals surface area contributed by atoms with E-state index >= 15 is 0 Å². The first-order valence-corrected chi connectivity index (χ1v) is 46.9. The lowest BCUT2D eigenvalue weighted by Crippen LogP contribution is -2.02. The molecule has 23 aromatic carbocycles. The van der Waals surface area contributed by atoms with Gasteiger partial charge in [-0.25, -0.2) is 29.9 Å². The molecule has 138 heavy (non-hydrogen) atoms. The number of hydrogen-bond acceptors (Lipinski definition) is 6. The molecule has 10 heteroatoms. The Morgan fingerprint density at radius 3 is 1.06 bits per heavy atom. The van der Waals surface area contributed by atoms with Gasteiger partial charge in [0.25, 0.3) is 0 Å². The average Bonchev–Trinajstić information content (AvgIpc) is 1.56. The van der Waals surface area contributed by atoms with E-state index in [1.54, 1.807) is 0 Å². The van der Waals surface area contributed by atoms with Crippen molar-refractivity contribution in [1.29, 1.82) is 0 Å². The van der Waals surface area contributed by atoms with Crippen LogP contribution in [0.5, 0.6) is 0 Å². The number of nitrogens with zero attached hydrogens (tertiary/aromatic N) is 10. The standard InChI is InChI=1S/C65H39N5.C63H39N5/c1-2-15-43-33-46(29-25-40(43)13-1)63-66-64(47-30-28-42-27-26-41-14-3-5-17-51(41)56(42)37-47)68-65(67-63)58-39-50(34-45-16-4-6-18-52(45)58)70-61-24-12-9-21-55(61)57-36-44-31-32-49(35-48(44)38-62(57)70)69-59-22-10-7-19-53(59)54-20-8-11-23-60(54)69;1-2-15-40(16-3-1)43-21-14-22-46(35-43)61-64-62(47-30-29-41-17-4-5-18-42(41)36-47)66-63(65-61)53-32-34-58(50-24-9-8-23-49(50)53)68-59-33-31-48(39-55(59)54-37-44-19-6-7-20-45(44)38-60(54)68)67-56-27-12-10-25-51(56)52-26-11-13-28-57(52)67/h1-39H;1-39H. The number of hydrogen-bond donors (Lipinski definition) is 0. The van der Waals surface area contributed by atoms with Gasteiger partial charge >= 0.3 is 0 Å². The summed E-state index contributed by atoms with van der Waals surface area (Å²) < 4.78 is 9.68. The smallest absolute Gasteiger partial charge is 0.164 e. The fraction of sp³-hybridized carbons (Fsp3) is 0. The molecule has 640 valence electrons. The molecule has 10 nitrogen and oxygen atoms in total. The van der Waals surface area contributed by atoms with Gasteiger partial charge in [0.05, 0.1) is 49.8 Å². The molecule has 6 aromatic heterocycles. The van der Waals surface area contributed by atoms with Crippen molar-refractivity contribution in [3.8, 4) is 102 Å². The molecule has 0 aliphatic heterocycles. The van der Waals surface area contributed by atoms with E-state index in [-0.39, 0.29) is 0 Å². The minimum Gasteiger partial charge on any atom is -0.309 e. The van der Waals surface area contributed by atoms with Crippen molar-refractivity contribution in [1.82, 2.24) is 48.2 Å². The normalized spacial score (nSPS) is 11.9. The number of aromatic nitrogens is 10. The first-order chi connectivity index (χ1) is 68.4. The highest BCUT2D eigenvalue weighted by Crippen LogP contribution is 2.46. The zero-order chi connectivity index (χ0) is 90.6. The molecule has 0 fully saturated rings. The maximum absolute atomic E-state index is 5.43. The predicted molar refractivity (Wildman–Crippen MR) is 575 cm³/mol. The third kappa shape index (κ3) is 12.9. The minimum atomic E-state index is 0.617. The highest BCUT2D eigenvalue weighted by molar-refractivity contribution is 6.19. The highest BCUT2D eigenvalue weighted by atomic mass is 15.1. The molecule has 29 rings (SSSR count). The Morgan fingerprint density at radius 1 is 0.123 bits per heavy atom. The predicted octanol–water partition coefficient (Wildman–Crippen LogP) is 33.0. The number of benzene rings is 23. The van der Waals surface area contributed by atoms with E-state index in [1.807, 2.05) is 6.07 Å². The Balaban J connectivity index is 0.000000136. The van der Waals surface area contributed by atoms with Crippen LogP contribution in [0.3, 0.4) is 0 Å². The Kier molecular flexibility index (Phi) is 17.8. The van der Waals surface area contributed by atoms with Gasteiger partial charge in [-0.15, -0.1) is 0 Å². The summed E-state index contributed by atoms with van der Waals surface area (Å²) in [7, 11) is 0. The molecule has 0 amide bonds. The zero-order valence-electron chi connectivity index (χ0n) is 74.5. The second-order valence-corrected chi connectivity index (χ2v) is 36.0. The molecule has 0 N–H and O–H groups in total. The quantitative estimate of drug-likeness (QED) is 0.120. The van der Waals surface area contributed by atoms with Gasteiger partial charge in [0, 0.05) is 98.9 Å². The summed E-state index contributed by atoms with van der Waals surface area (Å²) in [6.07, 6.45) is 0. The first kappa shape index (κ1) is 78.1. The molecule has 0 saturated heterocycles. The summed E-state index contributed by atoms with van der Waals surface area (Å²) in [5, 5.41) is 28.2. The molecular weight excluding hydrogens is 1680 g/mol. The van der Waals surface area contributed by atoms with Crippen LogP contribution in [-0.4, -0.2) is 48.2 Å². The summed E-state index contributed by atoms with van der Waals surface area (Å²) in [5.41, 5.74) is 21.6. The molecule has 0 spiro atoms. The van der Waals surface area contributed by atoms with Gasteiger partial charge in [0.1, 0.15) is 0 Å².